The molecule has 0 unspecified atom stereocenters. The van der Waals surface area contributed by atoms with E-state index in [0.29, 0.717) is 41.5 Å². The zero-order valence-electron chi connectivity index (χ0n) is 22.0. The van der Waals surface area contributed by atoms with Crippen LogP contribution in [0.15, 0.2) is 79.3 Å². The summed E-state index contributed by atoms with van der Waals surface area (Å²) in [4.78, 5) is 26.8. The zero-order valence-corrected chi connectivity index (χ0v) is 22.0. The molecule has 2 aromatic carbocycles. The molecule has 4 aromatic rings. The van der Waals surface area contributed by atoms with Gasteiger partial charge in [-0.25, -0.2) is 15.0 Å². The number of para-hydroxylation sites is 1. The van der Waals surface area contributed by atoms with Gasteiger partial charge in [-0.05, 0) is 48.0 Å². The standard InChI is InChI=1S/C30H28N6O4/c1-38-28-7-3-2-6-25(28)29(37)36(20-21-5-4-13-32-19-21)35-30-33-14-10-26(34-30)22-8-9-27(23(17-22)18-31)40-24-11-15-39-16-12-24/h2-10,13-14,17,19,24H,11-12,15-16,20H2,1H3,(H,33,34,35). The van der Waals surface area contributed by atoms with Crippen LogP contribution in [0.3, 0.4) is 0 Å². The lowest BCUT2D eigenvalue weighted by Gasteiger charge is -2.24. The van der Waals surface area contributed by atoms with Crippen molar-refractivity contribution in [2.45, 2.75) is 25.5 Å². The molecule has 10 heteroatoms. The quantitative estimate of drug-likeness (QED) is 0.305. The number of nitrogens with zero attached hydrogens (tertiary/aromatic N) is 5. The van der Waals surface area contributed by atoms with E-state index in [4.69, 9.17) is 14.2 Å². The predicted octanol–water partition coefficient (Wildman–Crippen LogP) is 4.65. The Balaban J connectivity index is 1.40. The van der Waals surface area contributed by atoms with Crippen LogP contribution in [0.1, 0.15) is 34.3 Å². The highest BCUT2D eigenvalue weighted by atomic mass is 16.5. The second kappa shape index (κ2) is 12.7. The molecule has 40 heavy (non-hydrogen) atoms. The van der Waals surface area contributed by atoms with E-state index in [-0.39, 0.29) is 24.5 Å². The van der Waals surface area contributed by atoms with Gasteiger partial charge in [-0.15, -0.1) is 0 Å². The van der Waals surface area contributed by atoms with Crippen LogP contribution in [0.4, 0.5) is 5.95 Å². The van der Waals surface area contributed by atoms with E-state index in [1.807, 2.05) is 12.1 Å². The van der Waals surface area contributed by atoms with Crippen LogP contribution in [0.5, 0.6) is 11.5 Å². The molecule has 3 heterocycles. The summed E-state index contributed by atoms with van der Waals surface area (Å²) >= 11 is 0. The molecular formula is C30H28N6O4. The number of hydrogen-bond donors (Lipinski definition) is 1. The Morgan fingerprint density at radius 3 is 2.73 bits per heavy atom. The molecule has 1 aliphatic heterocycles. The van der Waals surface area contributed by atoms with Crippen LogP contribution < -0.4 is 14.9 Å². The number of ether oxygens (including phenoxy) is 3. The number of methoxy groups -OCH3 is 1. The summed E-state index contributed by atoms with van der Waals surface area (Å²) in [5.74, 6) is 0.880. The van der Waals surface area contributed by atoms with Gasteiger partial charge in [0.25, 0.3) is 5.91 Å². The fourth-order valence-electron chi connectivity index (χ4n) is 4.35. The van der Waals surface area contributed by atoms with Crippen LogP contribution in [-0.4, -0.2) is 52.3 Å². The number of carbonyl (C=O) groups excluding carboxylic acids is 1. The lowest BCUT2D eigenvalue weighted by atomic mass is 10.1. The van der Waals surface area contributed by atoms with E-state index < -0.39 is 0 Å². The van der Waals surface area contributed by atoms with Crippen LogP contribution in [-0.2, 0) is 11.3 Å². The largest absolute Gasteiger partial charge is 0.496 e. The second-order valence-electron chi connectivity index (χ2n) is 9.08. The van der Waals surface area contributed by atoms with Gasteiger partial charge >= 0.3 is 0 Å². The summed E-state index contributed by atoms with van der Waals surface area (Å²) < 4.78 is 16.9. The summed E-state index contributed by atoms with van der Waals surface area (Å²) in [6, 6.07) is 20.1. The lowest BCUT2D eigenvalue weighted by molar-refractivity contribution is 0.0254. The van der Waals surface area contributed by atoms with Crippen molar-refractivity contribution in [1.82, 2.24) is 20.0 Å². The van der Waals surface area contributed by atoms with Crippen molar-refractivity contribution >= 4 is 11.9 Å². The zero-order chi connectivity index (χ0) is 27.7. The molecule has 1 amide bonds. The SMILES string of the molecule is COc1ccccc1C(=O)N(Cc1cccnc1)Nc1nccc(-c2ccc(OC3CCOCC3)c(C#N)c2)n1. The summed E-state index contributed by atoms with van der Waals surface area (Å²) in [6.45, 7) is 1.51. The van der Waals surface area contributed by atoms with Gasteiger partial charge in [-0.2, -0.15) is 5.26 Å². The minimum atomic E-state index is -0.323. The molecule has 1 saturated heterocycles. The second-order valence-corrected chi connectivity index (χ2v) is 9.08. The number of nitrogens with one attached hydrogen (secondary N) is 1. The Labute approximate surface area is 232 Å². The van der Waals surface area contributed by atoms with Crippen LogP contribution in [0.25, 0.3) is 11.3 Å². The minimum absolute atomic E-state index is 0.0214. The maximum atomic E-state index is 13.6. The van der Waals surface area contributed by atoms with Gasteiger partial charge in [-0.1, -0.05) is 18.2 Å². The van der Waals surface area contributed by atoms with Gasteiger partial charge in [-0.3, -0.25) is 15.2 Å². The fraction of sp³-hybridized carbons (Fsp3) is 0.233. The number of anilines is 1. The van der Waals surface area contributed by atoms with Gasteiger partial charge in [0.1, 0.15) is 23.7 Å². The Morgan fingerprint density at radius 1 is 1.10 bits per heavy atom. The number of carbonyl (C=O) groups is 1. The first-order valence-corrected chi connectivity index (χ1v) is 12.9. The molecular weight excluding hydrogens is 508 g/mol. The molecule has 0 bridgehead atoms. The molecule has 202 valence electrons. The average molecular weight is 537 g/mol. The van der Waals surface area contributed by atoms with Gasteiger partial charge in [0, 0.05) is 37.0 Å². The highest BCUT2D eigenvalue weighted by molar-refractivity contribution is 5.97. The van der Waals surface area contributed by atoms with Crippen molar-refractivity contribution in [2.75, 3.05) is 25.7 Å². The Morgan fingerprint density at radius 2 is 1.95 bits per heavy atom. The molecule has 0 atom stereocenters. The minimum Gasteiger partial charge on any atom is -0.496 e. The van der Waals surface area contributed by atoms with Crippen LogP contribution in [0.2, 0.25) is 0 Å². The van der Waals surface area contributed by atoms with Crippen molar-refractivity contribution in [3.8, 4) is 28.8 Å². The van der Waals surface area contributed by atoms with Crippen molar-refractivity contribution in [3.05, 3.63) is 95.9 Å². The maximum Gasteiger partial charge on any atom is 0.276 e. The molecule has 0 aliphatic carbocycles. The Bertz CT molecular complexity index is 1500. The van der Waals surface area contributed by atoms with Gasteiger partial charge in [0.05, 0.1) is 43.7 Å². The Kier molecular flexibility index (Phi) is 8.44. The lowest BCUT2D eigenvalue weighted by Crippen LogP contribution is -2.36. The van der Waals surface area contributed by atoms with Crippen LogP contribution >= 0.6 is 0 Å². The third-order valence-electron chi connectivity index (χ3n) is 6.39. The fourth-order valence-corrected chi connectivity index (χ4v) is 4.35. The van der Waals surface area contributed by atoms with Crippen molar-refractivity contribution in [2.24, 2.45) is 0 Å². The Hall–Kier alpha value is -5.01. The first-order chi connectivity index (χ1) is 19.6. The number of hydrogen-bond acceptors (Lipinski definition) is 9. The summed E-state index contributed by atoms with van der Waals surface area (Å²) in [6.07, 6.45) is 6.56. The maximum absolute atomic E-state index is 13.6. The third-order valence-corrected chi connectivity index (χ3v) is 6.39. The molecule has 5 rings (SSSR count). The van der Waals surface area contributed by atoms with E-state index in [1.54, 1.807) is 67.1 Å². The van der Waals surface area contributed by atoms with E-state index >= 15 is 0 Å². The van der Waals surface area contributed by atoms with Gasteiger partial charge < -0.3 is 14.2 Å². The molecule has 2 aromatic heterocycles. The summed E-state index contributed by atoms with van der Waals surface area (Å²) in [5.41, 5.74) is 5.97. The summed E-state index contributed by atoms with van der Waals surface area (Å²) in [5, 5.41) is 11.2. The number of benzene rings is 2. The monoisotopic (exact) mass is 536 g/mol. The van der Waals surface area contributed by atoms with Crippen LogP contribution in [0, 0.1) is 11.3 Å². The molecule has 1 N–H and O–H groups in total. The average Bonchev–Trinajstić information content (AvgIpc) is 3.01. The van der Waals surface area contributed by atoms with Crippen molar-refractivity contribution < 1.29 is 19.0 Å². The number of aromatic nitrogens is 3. The highest BCUT2D eigenvalue weighted by Crippen LogP contribution is 2.28. The number of hydrazine groups is 1. The van der Waals surface area contributed by atoms with Gasteiger partial charge in [0.2, 0.25) is 5.95 Å². The number of nitriles is 1. The molecule has 1 aliphatic rings. The molecule has 0 saturated carbocycles. The van der Waals surface area contributed by atoms with E-state index in [1.165, 1.54) is 12.1 Å². The van der Waals surface area contributed by atoms with E-state index in [2.05, 4.69) is 26.4 Å². The normalized spacial score (nSPS) is 13.2. The topological polar surface area (TPSA) is 122 Å². The van der Waals surface area contributed by atoms with Crippen molar-refractivity contribution in [1.29, 1.82) is 5.26 Å². The highest BCUT2D eigenvalue weighted by Gasteiger charge is 2.22. The van der Waals surface area contributed by atoms with E-state index in [9.17, 15) is 10.1 Å². The number of amides is 1. The predicted molar refractivity (Wildman–Crippen MR) is 147 cm³/mol. The first kappa shape index (κ1) is 26.6. The number of rotatable bonds is 9. The molecule has 10 nitrogen and oxygen atoms in total. The first-order valence-electron chi connectivity index (χ1n) is 12.9. The smallest absolute Gasteiger partial charge is 0.276 e. The number of pyridine rings is 1. The van der Waals surface area contributed by atoms with Crippen molar-refractivity contribution in [3.63, 3.8) is 0 Å². The van der Waals surface area contributed by atoms with E-state index in [0.717, 1.165) is 24.0 Å². The molecule has 0 spiro atoms. The summed E-state index contributed by atoms with van der Waals surface area (Å²) in [7, 11) is 1.52. The molecule has 0 radical (unpaired) electrons. The molecule has 1 fully saturated rings. The third kappa shape index (κ3) is 6.34. The van der Waals surface area contributed by atoms with Gasteiger partial charge in [0.15, 0.2) is 0 Å².